The molecule has 2 aromatic heterocycles. The second-order valence-electron chi connectivity index (χ2n) is 10.0. The molecule has 1 amide bonds. The number of nitrogens with one attached hydrogen (secondary N) is 1. The van der Waals surface area contributed by atoms with Crippen molar-refractivity contribution in [1.82, 2.24) is 24.6 Å². The molecule has 11 heteroatoms. The van der Waals surface area contributed by atoms with Crippen LogP contribution in [-0.2, 0) is 4.74 Å². The summed E-state index contributed by atoms with van der Waals surface area (Å²) >= 11 is 0. The molecule has 186 valence electrons. The Morgan fingerprint density at radius 2 is 1.76 bits per heavy atom. The summed E-state index contributed by atoms with van der Waals surface area (Å²) in [6.07, 6.45) is 1.97. The Bertz CT molecular complexity index is 1000. The standard InChI is InChI=1S/C23H33F2N7O2/c1-16-7-10-32(29-16)19-15-18(27-20(28-19)26-17-5-8-23(24,25)9-6-17)30-11-13-31(14-12-30)21(33)34-22(2,3)4/h7,10,15,17H,5-6,8-9,11-14H2,1-4H3,(H,26,27,28). The van der Waals surface area contributed by atoms with Gasteiger partial charge < -0.3 is 19.9 Å². The summed E-state index contributed by atoms with van der Waals surface area (Å²) in [6.45, 7) is 9.64. The minimum Gasteiger partial charge on any atom is -0.444 e. The minimum absolute atomic E-state index is 0.105. The highest BCUT2D eigenvalue weighted by Gasteiger charge is 2.35. The van der Waals surface area contributed by atoms with E-state index in [2.05, 4.69) is 25.3 Å². The first kappa shape index (κ1) is 24.2. The first-order valence-corrected chi connectivity index (χ1v) is 11.8. The Kier molecular flexibility index (Phi) is 6.64. The lowest BCUT2D eigenvalue weighted by atomic mass is 9.92. The van der Waals surface area contributed by atoms with Crippen molar-refractivity contribution in [2.24, 2.45) is 0 Å². The molecule has 1 saturated heterocycles. The lowest BCUT2D eigenvalue weighted by Gasteiger charge is -2.36. The van der Waals surface area contributed by atoms with Crippen molar-refractivity contribution in [1.29, 1.82) is 0 Å². The number of rotatable bonds is 4. The number of carbonyl (C=O) groups is 1. The number of anilines is 2. The summed E-state index contributed by atoms with van der Waals surface area (Å²) in [4.78, 5) is 25.5. The number of nitrogens with zero attached hydrogens (tertiary/aromatic N) is 6. The molecule has 2 aromatic rings. The van der Waals surface area contributed by atoms with Gasteiger partial charge in [-0.2, -0.15) is 15.1 Å². The van der Waals surface area contributed by atoms with Crippen molar-refractivity contribution in [2.75, 3.05) is 36.4 Å². The predicted molar refractivity (Wildman–Crippen MR) is 125 cm³/mol. The van der Waals surface area contributed by atoms with Crippen LogP contribution >= 0.6 is 0 Å². The van der Waals surface area contributed by atoms with Crippen molar-refractivity contribution in [3.05, 3.63) is 24.0 Å². The molecule has 34 heavy (non-hydrogen) atoms. The van der Waals surface area contributed by atoms with Crippen molar-refractivity contribution < 1.29 is 18.3 Å². The summed E-state index contributed by atoms with van der Waals surface area (Å²) in [5.74, 6) is -0.903. The molecular weight excluding hydrogens is 444 g/mol. The van der Waals surface area contributed by atoms with E-state index in [1.54, 1.807) is 9.58 Å². The molecule has 1 N–H and O–H groups in total. The summed E-state index contributed by atoms with van der Waals surface area (Å²) in [5, 5.41) is 7.71. The lowest BCUT2D eigenvalue weighted by molar-refractivity contribution is -0.0361. The molecule has 2 fully saturated rings. The second-order valence-corrected chi connectivity index (χ2v) is 10.0. The van der Waals surface area contributed by atoms with Crippen LogP contribution in [0.25, 0.3) is 5.82 Å². The molecular formula is C23H33F2N7O2. The molecule has 0 unspecified atom stereocenters. The van der Waals surface area contributed by atoms with Crippen molar-refractivity contribution in [3.8, 4) is 5.82 Å². The average molecular weight is 478 g/mol. The summed E-state index contributed by atoms with van der Waals surface area (Å²) in [7, 11) is 0. The molecule has 0 aromatic carbocycles. The minimum atomic E-state index is -2.59. The Balaban J connectivity index is 1.50. The zero-order valence-electron chi connectivity index (χ0n) is 20.2. The topological polar surface area (TPSA) is 88.4 Å². The quantitative estimate of drug-likeness (QED) is 0.712. The zero-order chi connectivity index (χ0) is 24.5. The highest BCUT2D eigenvalue weighted by Crippen LogP contribution is 2.34. The Labute approximate surface area is 198 Å². The van der Waals surface area contributed by atoms with E-state index in [0.717, 1.165) is 5.69 Å². The molecule has 0 radical (unpaired) electrons. The van der Waals surface area contributed by atoms with E-state index in [4.69, 9.17) is 4.74 Å². The van der Waals surface area contributed by atoms with Crippen LogP contribution in [0.2, 0.25) is 0 Å². The van der Waals surface area contributed by atoms with Gasteiger partial charge in [-0.3, -0.25) is 0 Å². The number of aryl methyl sites for hydroxylation is 1. The van der Waals surface area contributed by atoms with Gasteiger partial charge in [0.2, 0.25) is 11.9 Å². The Morgan fingerprint density at radius 1 is 1.12 bits per heavy atom. The van der Waals surface area contributed by atoms with Gasteiger partial charge >= 0.3 is 6.09 Å². The third-order valence-corrected chi connectivity index (χ3v) is 5.96. The highest BCUT2D eigenvalue weighted by molar-refractivity contribution is 5.68. The van der Waals surface area contributed by atoms with Crippen LogP contribution in [-0.4, -0.2) is 74.5 Å². The van der Waals surface area contributed by atoms with E-state index < -0.39 is 11.5 Å². The van der Waals surface area contributed by atoms with E-state index in [0.29, 0.717) is 56.6 Å². The molecule has 1 aliphatic carbocycles. The monoisotopic (exact) mass is 477 g/mol. The normalized spacial score (nSPS) is 19.2. The first-order chi connectivity index (χ1) is 16.0. The molecule has 0 spiro atoms. The Hall–Kier alpha value is -2.98. The number of halogens is 2. The van der Waals surface area contributed by atoms with Crippen LogP contribution in [0, 0.1) is 6.92 Å². The van der Waals surface area contributed by atoms with Gasteiger partial charge in [0, 0.05) is 57.3 Å². The van der Waals surface area contributed by atoms with Gasteiger partial charge in [-0.05, 0) is 46.6 Å². The van der Waals surface area contributed by atoms with E-state index in [1.807, 2.05) is 46.0 Å². The number of carbonyl (C=O) groups excluding carboxylic acids is 1. The van der Waals surface area contributed by atoms with E-state index in [-0.39, 0.29) is 25.0 Å². The van der Waals surface area contributed by atoms with Crippen LogP contribution in [0.15, 0.2) is 18.3 Å². The van der Waals surface area contributed by atoms with Gasteiger partial charge in [0.15, 0.2) is 5.82 Å². The summed E-state index contributed by atoms with van der Waals surface area (Å²) in [5.41, 5.74) is 0.316. The maximum Gasteiger partial charge on any atom is 0.410 e. The summed E-state index contributed by atoms with van der Waals surface area (Å²) in [6, 6.07) is 3.64. The van der Waals surface area contributed by atoms with Gasteiger partial charge in [-0.25, -0.2) is 18.3 Å². The third kappa shape index (κ3) is 6.12. The molecule has 9 nitrogen and oxygen atoms in total. The van der Waals surface area contributed by atoms with Crippen LogP contribution in [0.1, 0.15) is 52.1 Å². The molecule has 1 saturated carbocycles. The molecule has 3 heterocycles. The highest BCUT2D eigenvalue weighted by atomic mass is 19.3. The largest absolute Gasteiger partial charge is 0.444 e. The van der Waals surface area contributed by atoms with Gasteiger partial charge in [0.05, 0.1) is 5.69 Å². The van der Waals surface area contributed by atoms with Crippen LogP contribution < -0.4 is 10.2 Å². The second kappa shape index (κ2) is 9.34. The fourth-order valence-electron chi connectivity index (χ4n) is 4.12. The number of piperazine rings is 1. The number of alkyl halides is 2. The van der Waals surface area contributed by atoms with Crippen molar-refractivity contribution >= 4 is 17.9 Å². The fourth-order valence-corrected chi connectivity index (χ4v) is 4.12. The predicted octanol–water partition coefficient (Wildman–Crippen LogP) is 4.02. The molecule has 0 bridgehead atoms. The van der Waals surface area contributed by atoms with Gasteiger partial charge in [-0.15, -0.1) is 0 Å². The molecule has 4 rings (SSSR count). The fraction of sp³-hybridized carbons (Fsp3) is 0.652. The molecule has 0 atom stereocenters. The first-order valence-electron chi connectivity index (χ1n) is 11.8. The SMILES string of the molecule is Cc1ccn(-c2cc(N3CCN(C(=O)OC(C)(C)C)CC3)nc(NC3CCC(F)(F)CC3)n2)n1. The van der Waals surface area contributed by atoms with E-state index in [9.17, 15) is 13.6 Å². The van der Waals surface area contributed by atoms with E-state index >= 15 is 0 Å². The Morgan fingerprint density at radius 3 is 2.35 bits per heavy atom. The van der Waals surface area contributed by atoms with Crippen molar-refractivity contribution in [2.45, 2.75) is 70.9 Å². The average Bonchev–Trinajstić information content (AvgIpc) is 3.20. The third-order valence-electron chi connectivity index (χ3n) is 5.96. The van der Waals surface area contributed by atoms with E-state index in [1.165, 1.54) is 0 Å². The number of aromatic nitrogens is 4. The molecule has 1 aliphatic heterocycles. The maximum atomic E-state index is 13.6. The number of hydrogen-bond acceptors (Lipinski definition) is 7. The maximum absolute atomic E-state index is 13.6. The smallest absolute Gasteiger partial charge is 0.410 e. The van der Waals surface area contributed by atoms with Crippen molar-refractivity contribution in [3.63, 3.8) is 0 Å². The zero-order valence-corrected chi connectivity index (χ0v) is 20.2. The number of amides is 1. The number of ether oxygens (including phenoxy) is 1. The van der Waals surface area contributed by atoms with Crippen LogP contribution in [0.3, 0.4) is 0 Å². The lowest BCUT2D eigenvalue weighted by Crippen LogP contribution is -2.50. The van der Waals surface area contributed by atoms with Crippen LogP contribution in [0.4, 0.5) is 25.3 Å². The van der Waals surface area contributed by atoms with Gasteiger partial charge in [-0.1, -0.05) is 0 Å². The number of hydrogen-bond donors (Lipinski definition) is 1. The summed E-state index contributed by atoms with van der Waals surface area (Å²) < 4.78 is 34.3. The van der Waals surface area contributed by atoms with Gasteiger partial charge in [0.25, 0.3) is 0 Å². The van der Waals surface area contributed by atoms with Gasteiger partial charge in [0.1, 0.15) is 11.4 Å². The van der Waals surface area contributed by atoms with Crippen LogP contribution in [0.5, 0.6) is 0 Å². The molecule has 2 aliphatic rings.